The predicted molar refractivity (Wildman–Crippen MR) is 129 cm³/mol. The van der Waals surface area contributed by atoms with E-state index in [9.17, 15) is 4.79 Å². The van der Waals surface area contributed by atoms with Crippen LogP contribution in [0.3, 0.4) is 0 Å². The molecule has 160 valence electrons. The zero-order valence-corrected chi connectivity index (χ0v) is 18.9. The first-order chi connectivity index (χ1) is 13.6. The fourth-order valence-corrected chi connectivity index (χ4v) is 2.34. The summed E-state index contributed by atoms with van der Waals surface area (Å²) in [5.74, 6) is 0.139. The predicted octanol–water partition coefficient (Wildman–Crippen LogP) is 6.24. The number of nitrogens with zero attached hydrogens (tertiary/aromatic N) is 1. The minimum Gasteiger partial charge on any atom is -0.336 e. The summed E-state index contributed by atoms with van der Waals surface area (Å²) in [6.45, 7) is 28.7. The van der Waals surface area contributed by atoms with E-state index in [0.29, 0.717) is 19.0 Å². The number of hydrogen-bond acceptors (Lipinski definition) is 2. The molecular weight excluding hydrogens is 344 g/mol. The van der Waals surface area contributed by atoms with E-state index in [1.54, 1.807) is 30.4 Å². The Kier molecular flexibility index (Phi) is 27.2. The molecule has 28 heavy (non-hydrogen) atoms. The molecule has 1 heterocycles. The molecule has 1 aliphatic rings. The summed E-state index contributed by atoms with van der Waals surface area (Å²) in [6.07, 6.45) is 14.0. The van der Waals surface area contributed by atoms with Gasteiger partial charge in [0.05, 0.1) is 6.42 Å². The summed E-state index contributed by atoms with van der Waals surface area (Å²) in [4.78, 5) is 14.4. The molecule has 3 nitrogen and oxygen atoms in total. The van der Waals surface area contributed by atoms with Gasteiger partial charge in [-0.2, -0.15) is 0 Å². The highest BCUT2D eigenvalue weighted by Gasteiger charge is 2.24. The Labute approximate surface area is 175 Å². The minimum absolute atomic E-state index is 0.139. The number of carbonyl (C=O) groups excluding carboxylic acids is 1. The lowest BCUT2D eigenvalue weighted by Gasteiger charge is -2.34. The van der Waals surface area contributed by atoms with Gasteiger partial charge in [0.15, 0.2) is 0 Å². The van der Waals surface area contributed by atoms with Gasteiger partial charge in [-0.1, -0.05) is 96.9 Å². The van der Waals surface area contributed by atoms with Crippen molar-refractivity contribution in [3.8, 4) is 0 Å². The van der Waals surface area contributed by atoms with Gasteiger partial charge in [-0.25, -0.2) is 0 Å². The molecule has 0 aromatic carbocycles. The molecule has 1 aliphatic heterocycles. The van der Waals surface area contributed by atoms with E-state index < -0.39 is 0 Å². The van der Waals surface area contributed by atoms with Crippen LogP contribution in [0.5, 0.6) is 0 Å². The molecule has 0 bridgehead atoms. The van der Waals surface area contributed by atoms with Crippen LogP contribution < -0.4 is 5.32 Å². The molecule has 0 saturated carbocycles. The second-order valence-electron chi connectivity index (χ2n) is 5.85. The van der Waals surface area contributed by atoms with Crippen molar-refractivity contribution in [2.24, 2.45) is 0 Å². The van der Waals surface area contributed by atoms with Gasteiger partial charge in [0.1, 0.15) is 0 Å². The van der Waals surface area contributed by atoms with E-state index in [1.807, 2.05) is 24.8 Å². The Morgan fingerprint density at radius 3 is 1.86 bits per heavy atom. The van der Waals surface area contributed by atoms with E-state index in [1.165, 1.54) is 6.42 Å². The zero-order chi connectivity index (χ0) is 22.2. The fraction of sp³-hybridized carbons (Fsp3) is 0.480. The molecule has 3 heteroatoms. The van der Waals surface area contributed by atoms with Gasteiger partial charge in [0, 0.05) is 12.6 Å². The van der Waals surface area contributed by atoms with Crippen LogP contribution in [0.1, 0.15) is 53.4 Å². The van der Waals surface area contributed by atoms with Gasteiger partial charge >= 0.3 is 0 Å². The number of piperidine rings is 1. The minimum atomic E-state index is 0.139. The molecule has 0 spiro atoms. The van der Waals surface area contributed by atoms with Crippen molar-refractivity contribution in [2.75, 3.05) is 19.6 Å². The van der Waals surface area contributed by atoms with Crippen LogP contribution in [0, 0.1) is 0 Å². The van der Waals surface area contributed by atoms with Crippen LogP contribution in [-0.2, 0) is 4.79 Å². The van der Waals surface area contributed by atoms with Crippen molar-refractivity contribution in [3.05, 3.63) is 74.9 Å². The molecule has 0 aromatic rings. The normalized spacial score (nSPS) is 12.9. The quantitative estimate of drug-likeness (QED) is 0.394. The highest BCUT2D eigenvalue weighted by molar-refractivity contribution is 5.80. The number of rotatable bonds is 8. The molecule has 1 saturated heterocycles. The van der Waals surface area contributed by atoms with E-state index >= 15 is 0 Å². The molecular formula is C25H44N2O. The Morgan fingerprint density at radius 2 is 1.50 bits per heavy atom. The van der Waals surface area contributed by atoms with Crippen LogP contribution >= 0.6 is 0 Å². The third kappa shape index (κ3) is 17.3. The van der Waals surface area contributed by atoms with Gasteiger partial charge in [0.25, 0.3) is 0 Å². The second kappa shape index (κ2) is 24.9. The van der Waals surface area contributed by atoms with Gasteiger partial charge < -0.3 is 10.2 Å². The van der Waals surface area contributed by atoms with Gasteiger partial charge in [0.2, 0.25) is 5.91 Å². The SMILES string of the molecule is C=C/C=C(\C=C)CC(=O)N(CC=C)C1CCNCC1.C=CC=C.CC.CCC. The fourth-order valence-electron chi connectivity index (χ4n) is 2.34. The summed E-state index contributed by atoms with van der Waals surface area (Å²) in [6, 6.07) is 0.321. The standard InChI is InChI=1S/C16H24N2O.C4H6.C3H8.C2H6/c1-4-7-14(6-3)13-16(19)18(12-5-2)15-8-10-17-11-9-15;1-3-4-2;1-3-2;1-2/h4-7,15,17H,1-3,8-13H2;3-4H,1-2H2;3H2,1-2H3;1-2H3/b14-7+;;;. The first-order valence-electron chi connectivity index (χ1n) is 10.3. The number of nitrogens with one attached hydrogen (secondary N) is 1. The Morgan fingerprint density at radius 1 is 1.00 bits per heavy atom. The number of hydrogen-bond donors (Lipinski definition) is 1. The van der Waals surface area contributed by atoms with Crippen LogP contribution in [0.4, 0.5) is 0 Å². The van der Waals surface area contributed by atoms with Crippen LogP contribution in [0.2, 0.25) is 0 Å². The summed E-state index contributed by atoms with van der Waals surface area (Å²) < 4.78 is 0. The Hall–Kier alpha value is -2.13. The van der Waals surface area contributed by atoms with Gasteiger partial charge in [-0.15, -0.1) is 6.58 Å². The first kappa shape index (κ1) is 30.6. The lowest BCUT2D eigenvalue weighted by molar-refractivity contribution is -0.132. The highest BCUT2D eigenvalue weighted by Crippen LogP contribution is 2.15. The molecule has 0 unspecified atom stereocenters. The Balaban J connectivity index is -0.000000589. The lowest BCUT2D eigenvalue weighted by Crippen LogP contribution is -2.46. The average molecular weight is 389 g/mol. The van der Waals surface area contributed by atoms with Crippen LogP contribution in [0.15, 0.2) is 74.9 Å². The molecule has 1 rings (SSSR count). The molecule has 0 radical (unpaired) electrons. The summed E-state index contributed by atoms with van der Waals surface area (Å²) in [5.41, 5.74) is 0.906. The second-order valence-corrected chi connectivity index (χ2v) is 5.85. The maximum atomic E-state index is 12.4. The Bertz CT molecular complexity index is 451. The summed E-state index contributed by atoms with van der Waals surface area (Å²) in [7, 11) is 0. The van der Waals surface area contributed by atoms with Crippen molar-refractivity contribution in [1.82, 2.24) is 10.2 Å². The monoisotopic (exact) mass is 388 g/mol. The summed E-state index contributed by atoms with van der Waals surface area (Å²) >= 11 is 0. The maximum absolute atomic E-state index is 12.4. The smallest absolute Gasteiger partial charge is 0.227 e. The van der Waals surface area contributed by atoms with E-state index in [-0.39, 0.29) is 5.91 Å². The van der Waals surface area contributed by atoms with Gasteiger partial charge in [-0.3, -0.25) is 4.79 Å². The number of carbonyl (C=O) groups is 1. The molecule has 1 N–H and O–H groups in total. The number of allylic oxidation sites excluding steroid dienone is 5. The highest BCUT2D eigenvalue weighted by atomic mass is 16.2. The van der Waals surface area contributed by atoms with Crippen LogP contribution in [0.25, 0.3) is 0 Å². The van der Waals surface area contributed by atoms with Crippen LogP contribution in [-0.4, -0.2) is 36.5 Å². The largest absolute Gasteiger partial charge is 0.336 e. The van der Waals surface area contributed by atoms with E-state index in [4.69, 9.17) is 0 Å². The first-order valence-corrected chi connectivity index (χ1v) is 10.3. The van der Waals surface area contributed by atoms with Gasteiger partial charge in [-0.05, 0) is 31.5 Å². The van der Waals surface area contributed by atoms with Crippen molar-refractivity contribution in [3.63, 3.8) is 0 Å². The third-order valence-electron chi connectivity index (χ3n) is 3.51. The zero-order valence-electron chi connectivity index (χ0n) is 18.9. The topological polar surface area (TPSA) is 32.3 Å². The molecule has 0 aromatic heterocycles. The van der Waals surface area contributed by atoms with E-state index in [0.717, 1.165) is 31.5 Å². The van der Waals surface area contributed by atoms with Crippen molar-refractivity contribution < 1.29 is 4.79 Å². The average Bonchev–Trinajstić information content (AvgIpc) is 2.74. The molecule has 1 amide bonds. The summed E-state index contributed by atoms with van der Waals surface area (Å²) in [5, 5.41) is 3.32. The molecule has 0 atom stereocenters. The van der Waals surface area contributed by atoms with Crippen molar-refractivity contribution >= 4 is 5.91 Å². The molecule has 0 aliphatic carbocycles. The number of amides is 1. The van der Waals surface area contributed by atoms with Crippen molar-refractivity contribution in [1.29, 1.82) is 0 Å². The van der Waals surface area contributed by atoms with E-state index in [2.05, 4.69) is 52.1 Å². The molecule has 1 fully saturated rings. The maximum Gasteiger partial charge on any atom is 0.227 e. The van der Waals surface area contributed by atoms with Crippen molar-refractivity contribution in [2.45, 2.75) is 59.4 Å². The lowest BCUT2D eigenvalue weighted by atomic mass is 10.0. The third-order valence-corrected chi connectivity index (χ3v) is 3.51.